The van der Waals surface area contributed by atoms with Crippen LogP contribution in [0.4, 0.5) is 22.7 Å². The molecule has 0 radical (unpaired) electrons. The van der Waals surface area contributed by atoms with Crippen LogP contribution in [0.5, 0.6) is 5.88 Å². The summed E-state index contributed by atoms with van der Waals surface area (Å²) < 4.78 is 48.3. The van der Waals surface area contributed by atoms with Crippen LogP contribution in [0.3, 0.4) is 0 Å². The van der Waals surface area contributed by atoms with Crippen LogP contribution in [0, 0.1) is 15.5 Å². The number of rotatable bonds is 10. The number of amides is 1. The fourth-order valence-electron chi connectivity index (χ4n) is 8.40. The first-order chi connectivity index (χ1) is 28.5. The zero-order valence-corrected chi connectivity index (χ0v) is 36.4. The average molecular weight is 872 g/mol. The van der Waals surface area contributed by atoms with E-state index in [-0.39, 0.29) is 22.9 Å². The van der Waals surface area contributed by atoms with E-state index in [0.717, 1.165) is 80.2 Å². The van der Waals surface area contributed by atoms with Crippen LogP contribution < -0.4 is 24.6 Å². The van der Waals surface area contributed by atoms with Gasteiger partial charge in [0.2, 0.25) is 5.88 Å². The second kappa shape index (κ2) is 16.0. The second-order valence-electron chi connectivity index (χ2n) is 16.8. The normalized spacial score (nSPS) is 17.4. The van der Waals surface area contributed by atoms with Crippen LogP contribution in [0.15, 0.2) is 89.5 Å². The number of aromatic nitrogens is 2. The molecule has 1 aliphatic carbocycles. The molecule has 3 aliphatic rings. The third-order valence-electron chi connectivity index (χ3n) is 11.6. The number of ether oxygens (including phenoxy) is 1. The molecule has 17 heteroatoms. The van der Waals surface area contributed by atoms with Gasteiger partial charge in [-0.05, 0) is 104 Å². The minimum absolute atomic E-state index is 0.0644. The van der Waals surface area contributed by atoms with Crippen molar-refractivity contribution in [2.75, 3.05) is 69.0 Å². The fraction of sp³-hybridized carbons (Fsp3) is 0.349. The summed E-state index contributed by atoms with van der Waals surface area (Å²) in [5.74, 6) is -0.557. The van der Waals surface area contributed by atoms with E-state index < -0.39 is 38.6 Å². The lowest BCUT2D eigenvalue weighted by atomic mass is 9.72. The maximum Gasteiger partial charge on any atom is 0.281 e. The maximum atomic E-state index is 14.2. The van der Waals surface area contributed by atoms with Gasteiger partial charge in [0, 0.05) is 61.1 Å². The Bertz CT molecular complexity index is 2710. The number of hydrogen-bond donors (Lipinski definition) is 2. The average Bonchev–Trinajstić information content (AvgIpc) is 3.67. The Kier molecular flexibility index (Phi) is 11.1. The van der Waals surface area contributed by atoms with Gasteiger partial charge in [-0.25, -0.2) is 13.1 Å². The van der Waals surface area contributed by atoms with Gasteiger partial charge < -0.3 is 24.1 Å². The number of benzene rings is 3. The lowest BCUT2D eigenvalue weighted by Gasteiger charge is -2.39. The molecule has 5 aromatic rings. The highest BCUT2D eigenvalue weighted by atomic mass is 35.5. The van der Waals surface area contributed by atoms with Crippen LogP contribution in [0.2, 0.25) is 5.02 Å². The van der Waals surface area contributed by atoms with Crippen molar-refractivity contribution >= 4 is 79.3 Å². The Balaban J connectivity index is 1.09. The van der Waals surface area contributed by atoms with E-state index in [4.69, 9.17) is 16.3 Å². The van der Waals surface area contributed by atoms with E-state index in [9.17, 15) is 27.9 Å². The molecule has 2 aliphatic heterocycles. The molecule has 0 atom stereocenters. The first kappa shape index (κ1) is 41.5. The number of piperazine rings is 1. The van der Waals surface area contributed by atoms with Crippen molar-refractivity contribution in [3.05, 3.63) is 111 Å². The van der Waals surface area contributed by atoms with E-state index in [1.54, 1.807) is 12.3 Å². The predicted octanol–water partition coefficient (Wildman–Crippen LogP) is 7.81. The molecule has 4 heterocycles. The Morgan fingerprint density at radius 3 is 2.47 bits per heavy atom. The molecule has 1 saturated heterocycles. The van der Waals surface area contributed by atoms with Gasteiger partial charge in [-0.15, -0.1) is 0 Å². The van der Waals surface area contributed by atoms with Gasteiger partial charge in [0.15, 0.2) is 0 Å². The Hall–Kier alpha value is -5.21. The van der Waals surface area contributed by atoms with E-state index in [1.165, 1.54) is 36.1 Å². The lowest BCUT2D eigenvalue weighted by Crippen LogP contribution is -2.47. The van der Waals surface area contributed by atoms with Crippen molar-refractivity contribution in [3.63, 3.8) is 0 Å². The Labute approximate surface area is 354 Å². The molecular formula is C43H47ClN7O7PS. The van der Waals surface area contributed by atoms with Gasteiger partial charge in [-0.1, -0.05) is 43.2 Å². The topological polar surface area (TPSA) is 171 Å². The molecule has 1 amide bonds. The number of nitrogens with one attached hydrogen (secondary N) is 2. The summed E-state index contributed by atoms with van der Waals surface area (Å²) in [5.41, 5.74) is 6.36. The molecule has 0 saturated carbocycles. The summed E-state index contributed by atoms with van der Waals surface area (Å²) in [6.07, 6.45) is 4.96. The van der Waals surface area contributed by atoms with Crippen molar-refractivity contribution in [2.45, 2.75) is 38.0 Å². The zero-order valence-electron chi connectivity index (χ0n) is 33.9. The largest absolute Gasteiger partial charge is 0.474 e. The van der Waals surface area contributed by atoms with Crippen LogP contribution in [-0.4, -0.2) is 93.3 Å². The van der Waals surface area contributed by atoms with Crippen molar-refractivity contribution < 1.29 is 27.4 Å². The first-order valence-corrected chi connectivity index (χ1v) is 24.3. The standard InChI is InChI=1S/C43H47ClN7O7PS/c1-43(2)15-13-30(35(26-43)28-5-7-31(44)8-6-28)27-48-17-19-49(20-18-48)32-9-11-34(36(24-32)50-21-22-58-42-38(50)23-29-14-16-45-40(29)46-42)41(52)47-60(56,57)33-10-12-39(59(3,4)55)37(25-33)51(53)54/h5-12,14,16,23-25H,13,15,17-22,26-27H2,1-4H3,(H,45,46)(H,47,52). The summed E-state index contributed by atoms with van der Waals surface area (Å²) in [5, 5.41) is 13.4. The lowest BCUT2D eigenvalue weighted by molar-refractivity contribution is -0.383. The van der Waals surface area contributed by atoms with Crippen LogP contribution in [-0.2, 0) is 14.6 Å². The molecule has 8 rings (SSSR count). The highest BCUT2D eigenvalue weighted by Gasteiger charge is 2.33. The molecule has 3 aromatic carbocycles. The highest BCUT2D eigenvalue weighted by molar-refractivity contribution is 7.90. The quantitative estimate of drug-likeness (QED) is 0.0797. The van der Waals surface area contributed by atoms with Gasteiger partial charge in [0.25, 0.3) is 21.6 Å². The molecule has 2 N–H and O–H groups in total. The number of nitro benzene ring substituents is 1. The third kappa shape index (κ3) is 8.54. The molecule has 2 aromatic heterocycles. The van der Waals surface area contributed by atoms with Crippen molar-refractivity contribution in [2.24, 2.45) is 5.41 Å². The number of carbonyl (C=O) groups excluding carboxylic acids is 1. The van der Waals surface area contributed by atoms with Gasteiger partial charge in [-0.2, -0.15) is 4.98 Å². The summed E-state index contributed by atoms with van der Waals surface area (Å²) >= 11 is 6.25. The van der Waals surface area contributed by atoms with E-state index in [0.29, 0.717) is 29.4 Å². The van der Waals surface area contributed by atoms with Crippen LogP contribution in [0.25, 0.3) is 16.6 Å². The Morgan fingerprint density at radius 1 is 1.00 bits per heavy atom. The third-order valence-corrected chi connectivity index (χ3v) is 14.8. The first-order valence-electron chi connectivity index (χ1n) is 19.8. The van der Waals surface area contributed by atoms with Crippen molar-refractivity contribution in [1.29, 1.82) is 0 Å². The smallest absolute Gasteiger partial charge is 0.281 e. The summed E-state index contributed by atoms with van der Waals surface area (Å²) in [7, 11) is -7.74. The molecule has 0 spiro atoms. The minimum Gasteiger partial charge on any atom is -0.474 e. The number of fused-ring (bicyclic) bond motifs is 2. The number of halogens is 1. The second-order valence-corrected chi connectivity index (χ2v) is 22.1. The SMILES string of the molecule is CC1(C)CCC(CN2CCN(c3ccc(C(=O)NS(=O)(=O)c4ccc(P(C)(C)=O)c([N+](=O)[O-])c4)c(N4CCOc5nc6[nH]ccc6cc54)c3)CC2)=C(c2ccc(Cl)cc2)C1. The molecule has 60 heavy (non-hydrogen) atoms. The van der Waals surface area contributed by atoms with E-state index in [1.807, 2.05) is 41.3 Å². The number of pyridine rings is 1. The number of nitro groups is 1. The van der Waals surface area contributed by atoms with Gasteiger partial charge in [0.05, 0.1) is 32.9 Å². The van der Waals surface area contributed by atoms with Crippen LogP contribution >= 0.6 is 18.7 Å². The molecule has 1 fully saturated rings. The number of carbonyl (C=O) groups is 1. The zero-order chi connectivity index (χ0) is 42.6. The summed E-state index contributed by atoms with van der Waals surface area (Å²) in [6.45, 7) is 12.0. The number of aromatic amines is 1. The molecule has 14 nitrogen and oxygen atoms in total. The summed E-state index contributed by atoms with van der Waals surface area (Å²) in [6, 6.07) is 20.4. The fourth-order valence-corrected chi connectivity index (χ4v) is 10.6. The van der Waals surface area contributed by atoms with Gasteiger partial charge >= 0.3 is 0 Å². The number of H-pyrrole nitrogens is 1. The predicted molar refractivity (Wildman–Crippen MR) is 237 cm³/mol. The van der Waals surface area contributed by atoms with Crippen LogP contribution in [0.1, 0.15) is 49.0 Å². The number of sulfonamides is 1. The highest BCUT2D eigenvalue weighted by Crippen LogP contribution is 2.44. The number of allylic oxidation sites excluding steroid dienone is 1. The Morgan fingerprint density at radius 2 is 1.75 bits per heavy atom. The number of hydrogen-bond acceptors (Lipinski definition) is 11. The van der Waals surface area contributed by atoms with Gasteiger partial charge in [0.1, 0.15) is 25.1 Å². The van der Waals surface area contributed by atoms with Crippen molar-refractivity contribution in [1.82, 2.24) is 19.6 Å². The number of nitrogens with zero attached hydrogens (tertiary/aromatic N) is 5. The monoisotopic (exact) mass is 871 g/mol. The molecule has 0 bridgehead atoms. The maximum absolute atomic E-state index is 14.2. The summed E-state index contributed by atoms with van der Waals surface area (Å²) in [4.78, 5) is 39.2. The van der Waals surface area contributed by atoms with E-state index in [2.05, 4.69) is 50.5 Å². The van der Waals surface area contributed by atoms with Crippen molar-refractivity contribution in [3.8, 4) is 5.88 Å². The minimum atomic E-state index is -4.61. The van der Waals surface area contributed by atoms with E-state index >= 15 is 0 Å². The molecule has 0 unspecified atom stereocenters. The van der Waals surface area contributed by atoms with Gasteiger partial charge in [-0.3, -0.25) is 19.8 Å². The number of anilines is 3. The molecule has 314 valence electrons. The molecular weight excluding hydrogens is 825 g/mol.